The molecule has 0 atom stereocenters. The SMILES string of the molecule is CC(C)(C)c1ccc(OCCN(CC(=O)O)C2CC2)cc1. The van der Waals surface area contributed by atoms with Gasteiger partial charge in [-0.05, 0) is 36.0 Å². The fourth-order valence-corrected chi connectivity index (χ4v) is 2.34. The molecule has 1 fully saturated rings. The van der Waals surface area contributed by atoms with Crippen LogP contribution in [0.1, 0.15) is 39.2 Å². The maximum absolute atomic E-state index is 10.8. The molecule has 21 heavy (non-hydrogen) atoms. The van der Waals surface area contributed by atoms with Crippen LogP contribution in [0.3, 0.4) is 0 Å². The minimum absolute atomic E-state index is 0.108. The van der Waals surface area contributed by atoms with Crippen LogP contribution in [-0.2, 0) is 10.2 Å². The molecule has 0 bridgehead atoms. The molecular formula is C17H25NO3. The van der Waals surface area contributed by atoms with Crippen LogP contribution < -0.4 is 4.74 Å². The molecule has 0 aliphatic heterocycles. The van der Waals surface area contributed by atoms with E-state index in [1.165, 1.54) is 5.56 Å². The van der Waals surface area contributed by atoms with Crippen LogP contribution >= 0.6 is 0 Å². The highest BCUT2D eigenvalue weighted by Crippen LogP contribution is 2.27. The first-order valence-electron chi connectivity index (χ1n) is 7.55. The van der Waals surface area contributed by atoms with Gasteiger partial charge in [0.1, 0.15) is 12.4 Å². The number of carbonyl (C=O) groups is 1. The summed E-state index contributed by atoms with van der Waals surface area (Å²) in [6.45, 7) is 7.85. The Morgan fingerprint density at radius 2 is 1.90 bits per heavy atom. The molecule has 4 nitrogen and oxygen atoms in total. The van der Waals surface area contributed by atoms with Gasteiger partial charge in [0.25, 0.3) is 0 Å². The van der Waals surface area contributed by atoms with Crippen molar-refractivity contribution >= 4 is 5.97 Å². The van der Waals surface area contributed by atoms with E-state index >= 15 is 0 Å². The average molecular weight is 291 g/mol. The van der Waals surface area contributed by atoms with Crippen LogP contribution in [0.4, 0.5) is 0 Å². The molecular weight excluding hydrogens is 266 g/mol. The minimum atomic E-state index is -0.767. The third-order valence-electron chi connectivity index (χ3n) is 3.77. The molecule has 116 valence electrons. The van der Waals surface area contributed by atoms with Crippen molar-refractivity contribution in [2.75, 3.05) is 19.7 Å². The number of benzene rings is 1. The Hall–Kier alpha value is -1.55. The molecule has 0 aromatic heterocycles. The zero-order valence-electron chi connectivity index (χ0n) is 13.1. The van der Waals surface area contributed by atoms with Crippen LogP contribution in [0.2, 0.25) is 0 Å². The largest absolute Gasteiger partial charge is 0.492 e. The number of hydrogen-bond donors (Lipinski definition) is 1. The fraction of sp³-hybridized carbons (Fsp3) is 0.588. The van der Waals surface area contributed by atoms with Gasteiger partial charge in [-0.3, -0.25) is 9.69 Å². The van der Waals surface area contributed by atoms with E-state index in [0.717, 1.165) is 18.6 Å². The van der Waals surface area contributed by atoms with E-state index in [4.69, 9.17) is 9.84 Å². The summed E-state index contributed by atoms with van der Waals surface area (Å²) < 4.78 is 5.73. The molecule has 0 heterocycles. The molecule has 1 aromatic rings. The average Bonchev–Trinajstić information content (AvgIpc) is 3.21. The Kier molecular flexibility index (Phi) is 4.88. The predicted molar refractivity (Wildman–Crippen MR) is 82.9 cm³/mol. The molecule has 1 N–H and O–H groups in total. The zero-order valence-corrected chi connectivity index (χ0v) is 13.1. The summed E-state index contributed by atoms with van der Waals surface area (Å²) in [5.74, 6) is 0.0745. The third-order valence-corrected chi connectivity index (χ3v) is 3.77. The van der Waals surface area contributed by atoms with Crippen LogP contribution in [0.25, 0.3) is 0 Å². The van der Waals surface area contributed by atoms with Gasteiger partial charge in [-0.2, -0.15) is 0 Å². The van der Waals surface area contributed by atoms with Crippen molar-refractivity contribution in [2.24, 2.45) is 0 Å². The van der Waals surface area contributed by atoms with Crippen molar-refractivity contribution in [3.63, 3.8) is 0 Å². The van der Waals surface area contributed by atoms with Gasteiger partial charge < -0.3 is 9.84 Å². The van der Waals surface area contributed by atoms with Crippen LogP contribution in [0.15, 0.2) is 24.3 Å². The van der Waals surface area contributed by atoms with Crippen LogP contribution in [-0.4, -0.2) is 41.7 Å². The summed E-state index contributed by atoms with van der Waals surface area (Å²) in [6.07, 6.45) is 2.21. The number of hydrogen-bond acceptors (Lipinski definition) is 3. The van der Waals surface area contributed by atoms with Gasteiger partial charge in [-0.25, -0.2) is 0 Å². The molecule has 1 aliphatic carbocycles. The number of rotatable bonds is 7. The van der Waals surface area contributed by atoms with Crippen molar-refractivity contribution in [1.82, 2.24) is 4.90 Å². The highest BCUT2D eigenvalue weighted by molar-refractivity contribution is 5.69. The van der Waals surface area contributed by atoms with Crippen molar-refractivity contribution in [3.8, 4) is 5.75 Å². The van der Waals surface area contributed by atoms with Gasteiger partial charge >= 0.3 is 5.97 Å². The Morgan fingerprint density at radius 1 is 1.29 bits per heavy atom. The molecule has 0 unspecified atom stereocenters. The second-order valence-electron chi connectivity index (χ2n) is 6.72. The van der Waals surface area contributed by atoms with E-state index in [-0.39, 0.29) is 12.0 Å². The molecule has 0 radical (unpaired) electrons. The highest BCUT2D eigenvalue weighted by Gasteiger charge is 2.29. The van der Waals surface area contributed by atoms with Gasteiger partial charge in [-0.1, -0.05) is 32.9 Å². The van der Waals surface area contributed by atoms with Crippen LogP contribution in [0.5, 0.6) is 5.75 Å². The molecule has 1 aliphatic rings. The second-order valence-corrected chi connectivity index (χ2v) is 6.72. The lowest BCUT2D eigenvalue weighted by Gasteiger charge is -2.21. The monoisotopic (exact) mass is 291 g/mol. The molecule has 0 spiro atoms. The van der Waals surface area contributed by atoms with E-state index in [1.807, 2.05) is 17.0 Å². The lowest BCUT2D eigenvalue weighted by atomic mass is 9.87. The number of carboxylic acids is 1. The smallest absolute Gasteiger partial charge is 0.317 e. The van der Waals surface area contributed by atoms with E-state index in [0.29, 0.717) is 19.2 Å². The first-order valence-corrected chi connectivity index (χ1v) is 7.55. The molecule has 0 amide bonds. The number of aliphatic carboxylic acids is 1. The Bertz CT molecular complexity index is 472. The molecule has 0 saturated heterocycles. The number of carboxylic acid groups (broad SMARTS) is 1. The van der Waals surface area contributed by atoms with Crippen molar-refractivity contribution < 1.29 is 14.6 Å². The van der Waals surface area contributed by atoms with E-state index in [2.05, 4.69) is 32.9 Å². The van der Waals surface area contributed by atoms with Crippen LogP contribution in [0, 0.1) is 0 Å². The molecule has 4 heteroatoms. The van der Waals surface area contributed by atoms with Gasteiger partial charge in [0.05, 0.1) is 6.54 Å². The summed E-state index contributed by atoms with van der Waals surface area (Å²) >= 11 is 0. The van der Waals surface area contributed by atoms with Gasteiger partial charge in [0, 0.05) is 12.6 Å². The molecule has 1 saturated carbocycles. The predicted octanol–water partition coefficient (Wildman–Crippen LogP) is 2.91. The van der Waals surface area contributed by atoms with Gasteiger partial charge in [0.15, 0.2) is 0 Å². The topological polar surface area (TPSA) is 49.8 Å². The summed E-state index contributed by atoms with van der Waals surface area (Å²) in [7, 11) is 0. The zero-order chi connectivity index (χ0) is 15.5. The van der Waals surface area contributed by atoms with Gasteiger partial charge in [0.2, 0.25) is 0 Å². The lowest BCUT2D eigenvalue weighted by Crippen LogP contribution is -2.35. The summed E-state index contributed by atoms with van der Waals surface area (Å²) in [5.41, 5.74) is 1.42. The van der Waals surface area contributed by atoms with E-state index in [9.17, 15) is 4.79 Å². The van der Waals surface area contributed by atoms with Crippen molar-refractivity contribution in [3.05, 3.63) is 29.8 Å². The fourth-order valence-electron chi connectivity index (χ4n) is 2.34. The summed E-state index contributed by atoms with van der Waals surface area (Å²) in [5, 5.41) is 8.90. The Labute approximate surface area is 126 Å². The van der Waals surface area contributed by atoms with E-state index < -0.39 is 5.97 Å². The quantitative estimate of drug-likeness (QED) is 0.839. The maximum atomic E-state index is 10.8. The first kappa shape index (κ1) is 15.8. The standard InChI is InChI=1S/C17H25NO3/c1-17(2,3)13-4-8-15(9-5-13)21-11-10-18(12-16(19)20)14-6-7-14/h4-5,8-9,14H,6-7,10-12H2,1-3H3,(H,19,20). The van der Waals surface area contributed by atoms with Crippen molar-refractivity contribution in [1.29, 1.82) is 0 Å². The van der Waals surface area contributed by atoms with Crippen molar-refractivity contribution in [2.45, 2.75) is 45.1 Å². The number of nitrogens with zero attached hydrogens (tertiary/aromatic N) is 1. The minimum Gasteiger partial charge on any atom is -0.492 e. The maximum Gasteiger partial charge on any atom is 0.317 e. The number of ether oxygens (including phenoxy) is 1. The Morgan fingerprint density at radius 3 is 2.38 bits per heavy atom. The third kappa shape index (κ3) is 5.05. The Balaban J connectivity index is 1.81. The molecule has 1 aromatic carbocycles. The van der Waals surface area contributed by atoms with E-state index in [1.54, 1.807) is 0 Å². The molecule has 2 rings (SSSR count). The summed E-state index contributed by atoms with van der Waals surface area (Å²) in [4.78, 5) is 12.8. The first-order chi connectivity index (χ1) is 9.86. The second kappa shape index (κ2) is 6.48. The van der Waals surface area contributed by atoms with Gasteiger partial charge in [-0.15, -0.1) is 0 Å². The summed E-state index contributed by atoms with van der Waals surface area (Å²) in [6, 6.07) is 8.59. The normalized spacial score (nSPS) is 15.2. The highest BCUT2D eigenvalue weighted by atomic mass is 16.5. The lowest BCUT2D eigenvalue weighted by molar-refractivity contribution is -0.138.